The lowest BCUT2D eigenvalue weighted by Crippen LogP contribution is -2.53. The van der Waals surface area contributed by atoms with Gasteiger partial charge in [0.25, 0.3) is 0 Å². The smallest absolute Gasteiger partial charge is 0.240 e. The molecule has 0 aromatic heterocycles. The molecule has 2 rings (SSSR count). The summed E-state index contributed by atoms with van der Waals surface area (Å²) in [5.74, 6) is -2.44. The van der Waals surface area contributed by atoms with E-state index in [2.05, 4.69) is 10.0 Å². The zero-order chi connectivity index (χ0) is 30.5. The van der Waals surface area contributed by atoms with Gasteiger partial charge in [-0.05, 0) is 43.4 Å². The average Bonchev–Trinajstić information content (AvgIpc) is 3.16. The first-order valence-corrected chi connectivity index (χ1v) is 17.1. The number of amidine groups is 1. The number of aldehydes is 1. The first-order valence-electron chi connectivity index (χ1n) is 13.4. The number of carbonyl (C=O) groups is 4. The lowest BCUT2D eigenvalue weighted by Gasteiger charge is -2.36. The van der Waals surface area contributed by atoms with Crippen LogP contribution in [0.25, 0.3) is 0 Å². The molecule has 0 aromatic carbocycles. The van der Waals surface area contributed by atoms with Gasteiger partial charge in [-0.1, -0.05) is 20.3 Å². The number of hydrogen-bond donors (Lipinski definition) is 4. The normalized spacial score (nSPS) is 23.4. The summed E-state index contributed by atoms with van der Waals surface area (Å²) in [7, 11) is -6.49. The van der Waals surface area contributed by atoms with Crippen LogP contribution < -0.4 is 15.8 Å². The Morgan fingerprint density at radius 3 is 2.35 bits per heavy atom. The Labute approximate surface area is 236 Å². The number of nitrogens with zero attached hydrogens (tertiary/aromatic N) is 1. The molecule has 15 heteroatoms. The number of unbranched alkanes of at least 4 members (excludes halogenated alkanes) is 1. The number of hydrogen-bond acceptors (Lipinski definition) is 9. The second-order valence-corrected chi connectivity index (χ2v) is 15.8. The zero-order valence-corrected chi connectivity index (χ0v) is 25.3. The lowest BCUT2D eigenvalue weighted by molar-refractivity contribution is -0.136. The third-order valence-corrected chi connectivity index (χ3v) is 10.9. The lowest BCUT2D eigenvalue weighted by atomic mass is 9.70. The number of ketones is 1. The highest BCUT2D eigenvalue weighted by Gasteiger charge is 2.65. The Morgan fingerprint density at radius 2 is 1.85 bits per heavy atom. The van der Waals surface area contributed by atoms with Crippen LogP contribution in [-0.4, -0.2) is 94.9 Å². The Kier molecular flexibility index (Phi) is 11.0. The van der Waals surface area contributed by atoms with Gasteiger partial charge >= 0.3 is 0 Å². The summed E-state index contributed by atoms with van der Waals surface area (Å²) in [6.07, 6.45) is 4.44. The summed E-state index contributed by atoms with van der Waals surface area (Å²) < 4.78 is 52.6. The van der Waals surface area contributed by atoms with E-state index in [0.29, 0.717) is 44.8 Å². The van der Waals surface area contributed by atoms with E-state index < -0.39 is 72.6 Å². The van der Waals surface area contributed by atoms with Crippen LogP contribution in [0.5, 0.6) is 0 Å². The number of sulfonamides is 1. The standard InChI is InChI=1S/C25H43N5O8S2/c1-24(2)17-9-11-25(24,20(32)13-17)16-40(37,38)29-19(10-12-39(4,35)36)23(34)30(3)14-22(33)28-18(15-31)7-5-6-8-21(26)27/h15,17-19,29H,5-14,16H2,1-4H3,(H3,26,27)(H,28,33)/t17?,18-,19-,25+/m0/s1. The van der Waals surface area contributed by atoms with Gasteiger partial charge < -0.3 is 20.7 Å². The van der Waals surface area contributed by atoms with Crippen LogP contribution in [0.15, 0.2) is 0 Å². The van der Waals surface area contributed by atoms with Crippen LogP contribution in [0.4, 0.5) is 0 Å². The number of nitrogens with two attached hydrogens (primary N) is 1. The fraction of sp³-hybridized carbons (Fsp3) is 0.800. The number of carbonyl (C=O) groups excluding carboxylic acids is 4. The molecule has 5 N–H and O–H groups in total. The molecule has 0 heterocycles. The summed E-state index contributed by atoms with van der Waals surface area (Å²) in [5, 5.41) is 9.73. The van der Waals surface area contributed by atoms with Crippen molar-refractivity contribution < 1.29 is 36.0 Å². The van der Waals surface area contributed by atoms with Crippen molar-refractivity contribution in [3.8, 4) is 0 Å². The summed E-state index contributed by atoms with van der Waals surface area (Å²) in [4.78, 5) is 51.0. The van der Waals surface area contributed by atoms with Crippen molar-refractivity contribution >= 4 is 49.6 Å². The maximum atomic E-state index is 13.3. The van der Waals surface area contributed by atoms with Crippen LogP contribution >= 0.6 is 0 Å². The Balaban J connectivity index is 2.10. The zero-order valence-electron chi connectivity index (χ0n) is 23.7. The van der Waals surface area contributed by atoms with Gasteiger partial charge in [-0.25, -0.2) is 21.6 Å². The number of amides is 2. The highest BCUT2D eigenvalue weighted by Crippen LogP contribution is 2.64. The molecule has 4 atom stereocenters. The highest BCUT2D eigenvalue weighted by molar-refractivity contribution is 7.90. The number of likely N-dealkylation sites (N-methyl/N-ethyl adjacent to an activating group) is 1. The number of rotatable bonds is 17. The number of sulfone groups is 1. The second kappa shape index (κ2) is 13.1. The molecule has 1 unspecified atom stereocenters. The molecule has 228 valence electrons. The van der Waals surface area contributed by atoms with E-state index in [1.807, 2.05) is 13.8 Å². The van der Waals surface area contributed by atoms with Gasteiger partial charge in [0.15, 0.2) is 0 Å². The van der Waals surface area contributed by atoms with Crippen LogP contribution in [0.1, 0.15) is 65.2 Å². The van der Waals surface area contributed by atoms with Crippen molar-refractivity contribution in [3.63, 3.8) is 0 Å². The Morgan fingerprint density at radius 1 is 1.20 bits per heavy atom. The van der Waals surface area contributed by atoms with Crippen LogP contribution in [0.3, 0.4) is 0 Å². The van der Waals surface area contributed by atoms with Crippen LogP contribution in [-0.2, 0) is 39.0 Å². The molecule has 13 nitrogen and oxygen atoms in total. The van der Waals surface area contributed by atoms with E-state index in [1.54, 1.807) is 0 Å². The van der Waals surface area contributed by atoms with Crippen LogP contribution in [0.2, 0.25) is 0 Å². The van der Waals surface area contributed by atoms with E-state index in [0.717, 1.165) is 17.6 Å². The van der Waals surface area contributed by atoms with Gasteiger partial charge in [-0.2, -0.15) is 0 Å². The van der Waals surface area contributed by atoms with Crippen molar-refractivity contribution in [1.29, 1.82) is 5.41 Å². The molecule has 0 aromatic rings. The molecule has 0 spiro atoms. The molecule has 2 bridgehead atoms. The third kappa shape index (κ3) is 8.56. The van der Waals surface area contributed by atoms with E-state index in [-0.39, 0.29) is 24.0 Å². The van der Waals surface area contributed by atoms with E-state index in [4.69, 9.17) is 11.1 Å². The van der Waals surface area contributed by atoms with Gasteiger partial charge in [-0.15, -0.1) is 0 Å². The number of fused-ring (bicyclic) bond motifs is 2. The highest BCUT2D eigenvalue weighted by atomic mass is 32.2. The quantitative estimate of drug-likeness (QED) is 0.0743. The Bertz CT molecular complexity index is 1220. The molecule has 2 amide bonds. The summed E-state index contributed by atoms with van der Waals surface area (Å²) in [5.41, 5.74) is 3.70. The molecule has 0 radical (unpaired) electrons. The van der Waals surface area contributed by atoms with Gasteiger partial charge in [0.05, 0.1) is 29.9 Å². The van der Waals surface area contributed by atoms with Gasteiger partial charge in [-0.3, -0.25) is 19.8 Å². The fourth-order valence-corrected chi connectivity index (χ4v) is 8.65. The summed E-state index contributed by atoms with van der Waals surface area (Å²) >= 11 is 0. The molecule has 2 fully saturated rings. The van der Waals surface area contributed by atoms with Crippen molar-refractivity contribution in [2.45, 2.75) is 77.3 Å². The van der Waals surface area contributed by atoms with Gasteiger partial charge in [0.1, 0.15) is 27.9 Å². The van der Waals surface area contributed by atoms with Crippen LogP contribution in [0, 0.1) is 22.2 Å². The average molecular weight is 606 g/mol. The van der Waals surface area contributed by atoms with Crippen molar-refractivity contribution in [3.05, 3.63) is 0 Å². The monoisotopic (exact) mass is 605 g/mol. The molecule has 0 aliphatic heterocycles. The first-order chi connectivity index (χ1) is 18.3. The molecule has 0 saturated heterocycles. The molecule has 2 aliphatic rings. The number of nitrogens with one attached hydrogen (secondary N) is 3. The topological polar surface area (TPSA) is 214 Å². The second-order valence-electron chi connectivity index (χ2n) is 11.8. The third-order valence-electron chi connectivity index (χ3n) is 8.45. The SMILES string of the molecule is CN(CC(=O)N[C@H](C=O)CCCCC(=N)N)C(=O)[C@H](CCS(C)(=O)=O)NS(=O)(=O)C[C@]12CCC(CC1=O)C2(C)C. The first kappa shape index (κ1) is 33.8. The van der Waals surface area contributed by atoms with Crippen molar-refractivity contribution in [2.75, 3.05) is 31.4 Å². The predicted molar refractivity (Wildman–Crippen MR) is 150 cm³/mol. The Hall–Kier alpha value is -2.39. The minimum absolute atomic E-state index is 0.0264. The van der Waals surface area contributed by atoms with Crippen molar-refractivity contribution in [1.82, 2.24) is 14.9 Å². The molecule has 2 aliphatic carbocycles. The summed E-state index contributed by atoms with van der Waals surface area (Å²) in [6.45, 7) is 3.28. The maximum absolute atomic E-state index is 13.3. The van der Waals surface area contributed by atoms with E-state index >= 15 is 0 Å². The van der Waals surface area contributed by atoms with Gasteiger partial charge in [0.2, 0.25) is 21.8 Å². The van der Waals surface area contributed by atoms with Crippen molar-refractivity contribution in [2.24, 2.45) is 22.5 Å². The predicted octanol–water partition coefficient (Wildman–Crippen LogP) is -0.257. The minimum atomic E-state index is -4.21. The fourth-order valence-electron chi connectivity index (χ4n) is 5.92. The van der Waals surface area contributed by atoms with Gasteiger partial charge in [0, 0.05) is 31.6 Å². The molecule has 2 saturated carbocycles. The molecule has 40 heavy (non-hydrogen) atoms. The minimum Gasteiger partial charge on any atom is -0.388 e. The molecular formula is C25H43N5O8S2. The summed E-state index contributed by atoms with van der Waals surface area (Å²) in [6, 6.07) is -2.29. The maximum Gasteiger partial charge on any atom is 0.240 e. The largest absolute Gasteiger partial charge is 0.388 e. The van der Waals surface area contributed by atoms with E-state index in [1.165, 1.54) is 7.05 Å². The molecular weight excluding hydrogens is 562 g/mol. The number of Topliss-reactive ketones (excluding diaryl/α,β-unsaturated/α-hetero) is 1. The van der Waals surface area contributed by atoms with E-state index in [9.17, 15) is 36.0 Å².